The molecule has 0 unspecified atom stereocenters. The predicted molar refractivity (Wildman–Crippen MR) is 126 cm³/mol. The number of rotatable bonds is 3. The first-order valence-electron chi connectivity index (χ1n) is 11.8. The largest absolute Gasteiger partial charge is 0.496 e. The molecule has 0 saturated carbocycles. The number of aryl methyl sites for hydroxylation is 2. The number of benzene rings is 2. The van der Waals surface area contributed by atoms with Crippen LogP contribution in [0.25, 0.3) is 22.2 Å². The van der Waals surface area contributed by atoms with E-state index in [0.29, 0.717) is 41.1 Å². The van der Waals surface area contributed by atoms with Gasteiger partial charge in [0.05, 0.1) is 35.4 Å². The van der Waals surface area contributed by atoms with Crippen LogP contribution in [0.2, 0.25) is 0 Å². The molecule has 0 N–H and O–H groups in total. The smallest absolute Gasteiger partial charge is 0.275 e. The van der Waals surface area contributed by atoms with E-state index in [9.17, 15) is 18.0 Å². The van der Waals surface area contributed by atoms with Crippen molar-refractivity contribution in [1.82, 2.24) is 24.5 Å². The highest BCUT2D eigenvalue weighted by atomic mass is 19.2. The molecule has 2 atom stereocenters. The van der Waals surface area contributed by atoms with Gasteiger partial charge >= 0.3 is 0 Å². The van der Waals surface area contributed by atoms with Gasteiger partial charge in [0, 0.05) is 31.3 Å². The lowest BCUT2D eigenvalue weighted by molar-refractivity contribution is 0.0387. The van der Waals surface area contributed by atoms with Crippen molar-refractivity contribution in [2.45, 2.75) is 37.8 Å². The van der Waals surface area contributed by atoms with E-state index in [-0.39, 0.29) is 23.6 Å². The number of methoxy groups -OCH3 is 1. The molecule has 7 nitrogen and oxygen atoms in total. The number of hydrogen-bond acceptors (Lipinski definition) is 4. The Morgan fingerprint density at radius 1 is 1.06 bits per heavy atom. The van der Waals surface area contributed by atoms with E-state index < -0.39 is 17.5 Å². The Hall–Kier alpha value is -3.82. The number of aromatic nitrogens is 4. The van der Waals surface area contributed by atoms with E-state index in [4.69, 9.17) is 9.84 Å². The van der Waals surface area contributed by atoms with Gasteiger partial charge in [-0.05, 0) is 49.9 Å². The van der Waals surface area contributed by atoms with E-state index in [0.717, 1.165) is 36.1 Å². The topological polar surface area (TPSA) is 65.2 Å². The van der Waals surface area contributed by atoms with Crippen molar-refractivity contribution in [2.75, 3.05) is 7.11 Å². The normalized spacial score (nSPS) is 19.0. The summed E-state index contributed by atoms with van der Waals surface area (Å²) < 4.78 is 50.5. The van der Waals surface area contributed by atoms with E-state index in [1.807, 2.05) is 23.1 Å². The molecule has 0 radical (unpaired) electrons. The molecule has 6 rings (SSSR count). The van der Waals surface area contributed by atoms with Gasteiger partial charge in [-0.15, -0.1) is 0 Å². The van der Waals surface area contributed by atoms with Crippen LogP contribution in [0.5, 0.6) is 5.75 Å². The highest BCUT2D eigenvalue weighted by molar-refractivity contribution is 6.07. The lowest BCUT2D eigenvalue weighted by Crippen LogP contribution is -2.50. The first kappa shape index (κ1) is 22.6. The van der Waals surface area contributed by atoms with E-state index >= 15 is 0 Å². The molecular weight excluding hydrogens is 471 g/mol. The molecule has 186 valence electrons. The van der Waals surface area contributed by atoms with E-state index in [1.165, 1.54) is 0 Å². The van der Waals surface area contributed by atoms with Crippen LogP contribution >= 0.6 is 0 Å². The van der Waals surface area contributed by atoms with Crippen LogP contribution in [0.4, 0.5) is 13.2 Å². The number of fused-ring (bicyclic) bond motifs is 5. The number of carbonyl (C=O) groups excluding carboxylic acids is 1. The summed E-state index contributed by atoms with van der Waals surface area (Å²) in [5.74, 6) is -3.61. The second kappa shape index (κ2) is 8.11. The highest BCUT2D eigenvalue weighted by Gasteiger charge is 2.44. The van der Waals surface area contributed by atoms with Gasteiger partial charge in [-0.1, -0.05) is 6.07 Å². The van der Waals surface area contributed by atoms with Crippen LogP contribution < -0.4 is 4.74 Å². The second-order valence-electron chi connectivity index (χ2n) is 9.43. The first-order chi connectivity index (χ1) is 17.3. The van der Waals surface area contributed by atoms with Gasteiger partial charge in [-0.25, -0.2) is 13.2 Å². The van der Waals surface area contributed by atoms with Crippen LogP contribution in [0.3, 0.4) is 0 Å². The standard InChI is InChI=1S/C26H24F3N5O2/c1-32-18-7-5-9-20(36-3)21(18)24(31-32)26(35)34-14-6-4-8-19(34)23-15(12-14)25(33(2)30-23)13-10-16(27)22(29)17(28)11-13/h5,7,9-11,14,19H,4,6,8,12H2,1-3H3/t14-,19+/m0/s1. The SMILES string of the molecule is COc1cccc2c1c(C(=O)N1[C@H]3CCC[C@@H]1c1nn(C)c(-c4cc(F)c(F)c(F)c4)c1C3)nn2C. The van der Waals surface area contributed by atoms with Crippen molar-refractivity contribution in [3.05, 3.63) is 64.7 Å². The average Bonchev–Trinajstić information content (AvgIpc) is 3.37. The molecule has 0 spiro atoms. The van der Waals surface area contributed by atoms with Gasteiger partial charge in [-0.3, -0.25) is 14.2 Å². The summed E-state index contributed by atoms with van der Waals surface area (Å²) in [5.41, 5.74) is 3.42. The lowest BCUT2D eigenvalue weighted by atomic mass is 9.81. The number of carbonyl (C=O) groups is 1. The maximum atomic E-state index is 14.1. The number of piperidine rings is 1. The Bertz CT molecular complexity index is 1520. The summed E-state index contributed by atoms with van der Waals surface area (Å²) in [6.07, 6.45) is 2.89. The van der Waals surface area contributed by atoms with Crippen molar-refractivity contribution in [3.8, 4) is 17.0 Å². The molecule has 10 heteroatoms. The minimum atomic E-state index is -1.50. The van der Waals surface area contributed by atoms with Gasteiger partial charge in [-0.2, -0.15) is 10.2 Å². The van der Waals surface area contributed by atoms with E-state index in [2.05, 4.69) is 5.10 Å². The van der Waals surface area contributed by atoms with Crippen LogP contribution in [0.1, 0.15) is 47.1 Å². The maximum absolute atomic E-state index is 14.1. The molecule has 2 bridgehead atoms. The van der Waals surface area contributed by atoms with Gasteiger partial charge in [0.2, 0.25) is 0 Å². The molecule has 36 heavy (non-hydrogen) atoms. The Labute approximate surface area is 205 Å². The summed E-state index contributed by atoms with van der Waals surface area (Å²) in [6, 6.07) is 7.11. The summed E-state index contributed by atoms with van der Waals surface area (Å²) in [4.78, 5) is 15.9. The Balaban J connectivity index is 1.46. The first-order valence-corrected chi connectivity index (χ1v) is 11.8. The molecule has 2 aliphatic heterocycles. The third-order valence-electron chi connectivity index (χ3n) is 7.43. The maximum Gasteiger partial charge on any atom is 0.275 e. The van der Waals surface area contributed by atoms with Gasteiger partial charge in [0.1, 0.15) is 5.75 Å². The van der Waals surface area contributed by atoms with Crippen LogP contribution in [0.15, 0.2) is 30.3 Å². The number of hydrogen-bond donors (Lipinski definition) is 0. The predicted octanol–water partition coefficient (Wildman–Crippen LogP) is 4.69. The fraction of sp³-hybridized carbons (Fsp3) is 0.346. The van der Waals surface area contributed by atoms with Crippen molar-refractivity contribution in [3.63, 3.8) is 0 Å². The Kier molecular flexibility index (Phi) is 5.10. The van der Waals surface area contributed by atoms with Crippen LogP contribution in [-0.4, -0.2) is 43.5 Å². The lowest BCUT2D eigenvalue weighted by Gasteiger charge is -2.45. The number of nitrogens with zero attached hydrogens (tertiary/aromatic N) is 5. The van der Waals surface area contributed by atoms with E-state index in [1.54, 1.807) is 30.6 Å². The molecule has 2 aromatic heterocycles. The fourth-order valence-electron chi connectivity index (χ4n) is 5.93. The van der Waals surface area contributed by atoms with Crippen molar-refractivity contribution in [1.29, 1.82) is 0 Å². The molecule has 2 aromatic carbocycles. The molecule has 1 amide bonds. The molecule has 4 aromatic rings. The Morgan fingerprint density at radius 3 is 2.53 bits per heavy atom. The zero-order chi connectivity index (χ0) is 25.3. The third kappa shape index (κ3) is 3.16. The second-order valence-corrected chi connectivity index (χ2v) is 9.43. The zero-order valence-electron chi connectivity index (χ0n) is 20.1. The highest BCUT2D eigenvalue weighted by Crippen LogP contribution is 2.45. The molecule has 0 aliphatic carbocycles. The number of halogens is 3. The Morgan fingerprint density at radius 2 is 1.81 bits per heavy atom. The minimum absolute atomic E-state index is 0.131. The van der Waals surface area contributed by atoms with Crippen LogP contribution in [0, 0.1) is 17.5 Å². The number of ether oxygens (including phenoxy) is 1. The summed E-state index contributed by atoms with van der Waals surface area (Å²) >= 11 is 0. The quantitative estimate of drug-likeness (QED) is 0.387. The molecule has 2 aliphatic rings. The molecular formula is C26H24F3N5O2. The minimum Gasteiger partial charge on any atom is -0.496 e. The molecule has 4 heterocycles. The summed E-state index contributed by atoms with van der Waals surface area (Å²) in [6.45, 7) is 0. The van der Waals surface area contributed by atoms with Crippen molar-refractivity contribution >= 4 is 16.8 Å². The van der Waals surface area contributed by atoms with Gasteiger partial charge in [0.25, 0.3) is 5.91 Å². The summed E-state index contributed by atoms with van der Waals surface area (Å²) in [5, 5.41) is 9.91. The van der Waals surface area contributed by atoms with Gasteiger partial charge < -0.3 is 9.64 Å². The summed E-state index contributed by atoms with van der Waals surface area (Å²) in [7, 11) is 5.05. The average molecular weight is 496 g/mol. The van der Waals surface area contributed by atoms with Crippen molar-refractivity contribution < 1.29 is 22.7 Å². The third-order valence-corrected chi connectivity index (χ3v) is 7.43. The molecule has 1 fully saturated rings. The zero-order valence-corrected chi connectivity index (χ0v) is 20.1. The monoisotopic (exact) mass is 495 g/mol. The van der Waals surface area contributed by atoms with Crippen LogP contribution in [-0.2, 0) is 20.5 Å². The fourth-order valence-corrected chi connectivity index (χ4v) is 5.93. The van der Waals surface area contributed by atoms with Gasteiger partial charge in [0.15, 0.2) is 23.1 Å². The van der Waals surface area contributed by atoms with Crippen molar-refractivity contribution in [2.24, 2.45) is 14.1 Å². The number of amides is 1. The molecule has 1 saturated heterocycles.